The molecule has 0 atom stereocenters. The molecule has 2 fully saturated rings. The number of hydrogen-bond donors (Lipinski definition) is 2. The Balaban J connectivity index is 1.52. The molecule has 0 heterocycles. The van der Waals surface area contributed by atoms with Crippen LogP contribution >= 0.6 is 0 Å². The number of benzene rings is 1. The molecule has 0 unspecified atom stereocenters. The van der Waals surface area contributed by atoms with Crippen molar-refractivity contribution < 1.29 is 4.39 Å². The van der Waals surface area contributed by atoms with Crippen LogP contribution in [0, 0.1) is 11.7 Å². The molecule has 1 aromatic rings. The van der Waals surface area contributed by atoms with E-state index in [9.17, 15) is 4.39 Å². The summed E-state index contributed by atoms with van der Waals surface area (Å²) in [6.07, 6.45) is 6.06. The molecule has 3 nitrogen and oxygen atoms in total. The van der Waals surface area contributed by atoms with Gasteiger partial charge in [-0.1, -0.05) is 31.0 Å². The first-order chi connectivity index (χ1) is 10.2. The van der Waals surface area contributed by atoms with E-state index in [1.165, 1.54) is 19.3 Å². The molecular formula is C17H24FN3. The smallest absolute Gasteiger partial charge is 0.191 e. The summed E-state index contributed by atoms with van der Waals surface area (Å²) < 4.78 is 14.0. The highest BCUT2D eigenvalue weighted by Gasteiger charge is 2.45. The maximum absolute atomic E-state index is 14.0. The molecule has 2 aliphatic carbocycles. The van der Waals surface area contributed by atoms with Crippen molar-refractivity contribution in [3.8, 4) is 0 Å². The molecule has 2 saturated carbocycles. The van der Waals surface area contributed by atoms with Gasteiger partial charge >= 0.3 is 0 Å². The van der Waals surface area contributed by atoms with Gasteiger partial charge in [-0.05, 0) is 36.8 Å². The van der Waals surface area contributed by atoms with Crippen molar-refractivity contribution in [1.29, 1.82) is 0 Å². The topological polar surface area (TPSA) is 36.4 Å². The fourth-order valence-corrected chi connectivity index (χ4v) is 2.86. The van der Waals surface area contributed by atoms with Crippen LogP contribution in [0.5, 0.6) is 0 Å². The van der Waals surface area contributed by atoms with Gasteiger partial charge in [0.15, 0.2) is 5.96 Å². The SMILES string of the molecule is CN=C(NCCC1CC1)NCC1(c2ccccc2F)CC1. The first-order valence-electron chi connectivity index (χ1n) is 7.93. The van der Waals surface area contributed by atoms with Crippen molar-refractivity contribution in [1.82, 2.24) is 10.6 Å². The summed E-state index contributed by atoms with van der Waals surface area (Å²) in [7, 11) is 1.79. The first kappa shape index (κ1) is 14.4. The van der Waals surface area contributed by atoms with E-state index in [2.05, 4.69) is 15.6 Å². The van der Waals surface area contributed by atoms with Gasteiger partial charge < -0.3 is 10.6 Å². The van der Waals surface area contributed by atoms with Crippen molar-refractivity contribution in [2.45, 2.75) is 37.5 Å². The van der Waals surface area contributed by atoms with E-state index < -0.39 is 0 Å². The average molecular weight is 289 g/mol. The number of guanidine groups is 1. The highest BCUT2D eigenvalue weighted by atomic mass is 19.1. The van der Waals surface area contributed by atoms with E-state index in [-0.39, 0.29) is 11.2 Å². The molecule has 3 rings (SSSR count). The largest absolute Gasteiger partial charge is 0.356 e. The van der Waals surface area contributed by atoms with Crippen molar-refractivity contribution in [2.75, 3.05) is 20.1 Å². The fourth-order valence-electron chi connectivity index (χ4n) is 2.86. The normalized spacial score (nSPS) is 20.2. The summed E-state index contributed by atoms with van der Waals surface area (Å²) in [6.45, 7) is 1.72. The van der Waals surface area contributed by atoms with E-state index in [1.807, 2.05) is 12.1 Å². The molecule has 21 heavy (non-hydrogen) atoms. The molecule has 0 radical (unpaired) electrons. The van der Waals surface area contributed by atoms with Crippen LogP contribution < -0.4 is 10.6 Å². The van der Waals surface area contributed by atoms with Crippen LogP contribution in [0.3, 0.4) is 0 Å². The second-order valence-corrected chi connectivity index (χ2v) is 6.34. The number of nitrogens with zero attached hydrogens (tertiary/aromatic N) is 1. The van der Waals surface area contributed by atoms with E-state index in [1.54, 1.807) is 19.2 Å². The Labute approximate surface area is 126 Å². The predicted molar refractivity (Wildman–Crippen MR) is 84.0 cm³/mol. The number of aliphatic imine (C=N–C) groups is 1. The van der Waals surface area contributed by atoms with E-state index >= 15 is 0 Å². The maximum atomic E-state index is 14.0. The predicted octanol–water partition coefficient (Wildman–Crippen LogP) is 2.82. The molecule has 0 spiro atoms. The summed E-state index contributed by atoms with van der Waals surface area (Å²) >= 11 is 0. The number of halogens is 1. The van der Waals surface area contributed by atoms with Crippen LogP contribution in [0.15, 0.2) is 29.3 Å². The molecule has 0 aromatic heterocycles. The Hall–Kier alpha value is -1.58. The average Bonchev–Trinajstić information content (AvgIpc) is 3.38. The number of hydrogen-bond acceptors (Lipinski definition) is 1. The van der Waals surface area contributed by atoms with Crippen molar-refractivity contribution >= 4 is 5.96 Å². The zero-order chi connectivity index (χ0) is 14.7. The number of rotatable bonds is 6. The Morgan fingerprint density at radius 1 is 1.29 bits per heavy atom. The summed E-state index contributed by atoms with van der Waals surface area (Å²) in [6, 6.07) is 7.13. The van der Waals surface area contributed by atoms with E-state index in [0.29, 0.717) is 0 Å². The monoisotopic (exact) mass is 289 g/mol. The van der Waals surface area contributed by atoms with Crippen molar-refractivity contribution in [2.24, 2.45) is 10.9 Å². The Kier molecular flexibility index (Phi) is 4.13. The van der Waals surface area contributed by atoms with E-state index in [0.717, 1.165) is 43.4 Å². The highest BCUT2D eigenvalue weighted by molar-refractivity contribution is 5.79. The van der Waals surface area contributed by atoms with Gasteiger partial charge in [0, 0.05) is 25.6 Å². The molecule has 2 aliphatic rings. The minimum absolute atomic E-state index is 0.0422. The number of nitrogens with one attached hydrogen (secondary N) is 2. The lowest BCUT2D eigenvalue weighted by Gasteiger charge is -2.19. The molecule has 2 N–H and O–H groups in total. The molecule has 1 aromatic carbocycles. The lowest BCUT2D eigenvalue weighted by Crippen LogP contribution is -2.41. The minimum Gasteiger partial charge on any atom is -0.356 e. The van der Waals surface area contributed by atoms with Gasteiger partial charge in [0.05, 0.1) is 0 Å². The van der Waals surface area contributed by atoms with Crippen LogP contribution in [0.25, 0.3) is 0 Å². The molecule has 0 bridgehead atoms. The van der Waals surface area contributed by atoms with Crippen LogP contribution in [-0.2, 0) is 5.41 Å². The molecule has 114 valence electrons. The second-order valence-electron chi connectivity index (χ2n) is 6.34. The van der Waals surface area contributed by atoms with Crippen molar-refractivity contribution in [3.63, 3.8) is 0 Å². The van der Waals surface area contributed by atoms with Crippen LogP contribution in [0.1, 0.15) is 37.7 Å². The Morgan fingerprint density at radius 2 is 2.05 bits per heavy atom. The fraction of sp³-hybridized carbons (Fsp3) is 0.588. The van der Waals surface area contributed by atoms with Crippen LogP contribution in [-0.4, -0.2) is 26.1 Å². The van der Waals surface area contributed by atoms with Gasteiger partial charge in [-0.15, -0.1) is 0 Å². The third-order valence-corrected chi connectivity index (χ3v) is 4.66. The summed E-state index contributed by atoms with van der Waals surface area (Å²) in [4.78, 5) is 4.25. The first-order valence-corrected chi connectivity index (χ1v) is 7.93. The summed E-state index contributed by atoms with van der Waals surface area (Å²) in [5.41, 5.74) is 0.797. The molecule has 0 amide bonds. The van der Waals surface area contributed by atoms with Crippen molar-refractivity contribution in [3.05, 3.63) is 35.6 Å². The highest BCUT2D eigenvalue weighted by Crippen LogP contribution is 2.48. The van der Waals surface area contributed by atoms with E-state index in [4.69, 9.17) is 0 Å². The zero-order valence-electron chi connectivity index (χ0n) is 12.7. The standard InChI is InChI=1S/C17H24FN3/c1-19-16(20-11-8-13-6-7-13)21-12-17(9-10-17)14-4-2-3-5-15(14)18/h2-5,13H,6-12H2,1H3,(H2,19,20,21). The third kappa shape index (κ3) is 3.55. The van der Waals surface area contributed by atoms with Gasteiger partial charge in [0.2, 0.25) is 0 Å². The van der Waals surface area contributed by atoms with Gasteiger partial charge in [0.25, 0.3) is 0 Å². The molecule has 0 saturated heterocycles. The lowest BCUT2D eigenvalue weighted by molar-refractivity contribution is 0.559. The van der Waals surface area contributed by atoms with Gasteiger partial charge in [-0.25, -0.2) is 4.39 Å². The maximum Gasteiger partial charge on any atom is 0.191 e. The Morgan fingerprint density at radius 3 is 2.67 bits per heavy atom. The van der Waals surface area contributed by atoms with Crippen LogP contribution in [0.4, 0.5) is 4.39 Å². The van der Waals surface area contributed by atoms with Gasteiger partial charge in [-0.3, -0.25) is 4.99 Å². The minimum atomic E-state index is -0.0894. The summed E-state index contributed by atoms with van der Waals surface area (Å²) in [5.74, 6) is 1.66. The molecule has 0 aliphatic heterocycles. The second kappa shape index (κ2) is 6.04. The van der Waals surface area contributed by atoms with Gasteiger partial charge in [-0.2, -0.15) is 0 Å². The zero-order valence-corrected chi connectivity index (χ0v) is 12.7. The quantitative estimate of drug-likeness (QED) is 0.624. The molecule has 4 heteroatoms. The lowest BCUT2D eigenvalue weighted by atomic mass is 9.95. The molecular weight excluding hydrogens is 265 g/mol. The summed E-state index contributed by atoms with van der Waals surface area (Å²) in [5, 5.41) is 6.72. The van der Waals surface area contributed by atoms with Crippen LogP contribution in [0.2, 0.25) is 0 Å². The van der Waals surface area contributed by atoms with Gasteiger partial charge in [0.1, 0.15) is 5.82 Å². The third-order valence-electron chi connectivity index (χ3n) is 4.66. The Bertz CT molecular complexity index is 519.